The Hall–Kier alpha value is -2.22. The Morgan fingerprint density at radius 1 is 1.32 bits per heavy atom. The van der Waals surface area contributed by atoms with Crippen LogP contribution in [0.25, 0.3) is 0 Å². The molecule has 100 valence electrons. The summed E-state index contributed by atoms with van der Waals surface area (Å²) in [4.78, 5) is 14.1. The first-order chi connectivity index (χ1) is 8.88. The fraction of sp³-hybridized carbons (Fsp3) is 0.182. The Balaban J connectivity index is 2.25. The SMILES string of the molecule is Cc1ccc(S(=O)(=O)Cc2noc(C(=O)O)n2)cc1. The van der Waals surface area contributed by atoms with Crippen molar-refractivity contribution in [3.8, 4) is 0 Å². The van der Waals surface area contributed by atoms with E-state index in [1.165, 1.54) is 12.1 Å². The Kier molecular flexibility index (Phi) is 3.34. The average Bonchev–Trinajstić information content (AvgIpc) is 2.77. The van der Waals surface area contributed by atoms with Gasteiger partial charge in [-0.3, -0.25) is 0 Å². The summed E-state index contributed by atoms with van der Waals surface area (Å²) in [7, 11) is -3.62. The maximum absolute atomic E-state index is 12.0. The first-order valence-corrected chi connectivity index (χ1v) is 6.89. The lowest BCUT2D eigenvalue weighted by molar-refractivity contribution is 0.0643. The van der Waals surface area contributed by atoms with Gasteiger partial charge in [0.1, 0.15) is 5.75 Å². The highest BCUT2D eigenvalue weighted by Gasteiger charge is 2.21. The van der Waals surface area contributed by atoms with E-state index in [4.69, 9.17) is 5.11 Å². The standard InChI is InChI=1S/C11H10N2O5S/c1-7-2-4-8(5-3-7)19(16,17)6-9-12-10(11(14)15)18-13-9/h2-5H,6H2,1H3,(H,14,15). The van der Waals surface area contributed by atoms with Gasteiger partial charge >= 0.3 is 11.9 Å². The molecule has 19 heavy (non-hydrogen) atoms. The second-order valence-electron chi connectivity index (χ2n) is 3.89. The molecule has 1 aromatic carbocycles. The summed E-state index contributed by atoms with van der Waals surface area (Å²) in [5, 5.41) is 11.9. The van der Waals surface area contributed by atoms with Crippen LogP contribution < -0.4 is 0 Å². The van der Waals surface area contributed by atoms with Crippen LogP contribution in [0.5, 0.6) is 0 Å². The molecule has 0 spiro atoms. The van der Waals surface area contributed by atoms with Gasteiger partial charge in [0.25, 0.3) is 0 Å². The van der Waals surface area contributed by atoms with E-state index in [1.54, 1.807) is 12.1 Å². The summed E-state index contributed by atoms with van der Waals surface area (Å²) in [5.74, 6) is -2.72. The first-order valence-electron chi connectivity index (χ1n) is 5.24. The van der Waals surface area contributed by atoms with Crippen molar-refractivity contribution in [1.82, 2.24) is 10.1 Å². The zero-order valence-corrected chi connectivity index (χ0v) is 10.7. The number of carboxylic acids is 1. The zero-order valence-electron chi connectivity index (χ0n) is 9.90. The third kappa shape index (κ3) is 2.97. The van der Waals surface area contributed by atoms with Crippen molar-refractivity contribution in [1.29, 1.82) is 0 Å². The molecule has 0 bridgehead atoms. The molecule has 0 aliphatic carbocycles. The Morgan fingerprint density at radius 3 is 2.47 bits per heavy atom. The van der Waals surface area contributed by atoms with Crippen molar-refractivity contribution >= 4 is 15.8 Å². The Morgan fingerprint density at radius 2 is 1.95 bits per heavy atom. The van der Waals surface area contributed by atoms with E-state index in [-0.39, 0.29) is 10.7 Å². The maximum atomic E-state index is 12.0. The fourth-order valence-electron chi connectivity index (χ4n) is 1.40. The van der Waals surface area contributed by atoms with Crippen LogP contribution in [0.15, 0.2) is 33.7 Å². The molecule has 0 aliphatic heterocycles. The Labute approximate surface area is 108 Å². The molecule has 0 unspecified atom stereocenters. The van der Waals surface area contributed by atoms with E-state index in [0.717, 1.165) is 5.56 Å². The number of nitrogens with zero attached hydrogens (tertiary/aromatic N) is 2. The molecule has 0 atom stereocenters. The lowest BCUT2D eigenvalue weighted by Gasteiger charge is -2.01. The van der Waals surface area contributed by atoms with E-state index in [9.17, 15) is 13.2 Å². The van der Waals surface area contributed by atoms with E-state index in [1.807, 2.05) is 6.92 Å². The average molecular weight is 282 g/mol. The van der Waals surface area contributed by atoms with Gasteiger partial charge in [0.05, 0.1) is 4.90 Å². The number of aryl methyl sites for hydroxylation is 1. The largest absolute Gasteiger partial charge is 0.474 e. The van der Waals surface area contributed by atoms with E-state index < -0.39 is 27.5 Å². The van der Waals surface area contributed by atoms with Crippen LogP contribution in [-0.4, -0.2) is 29.6 Å². The van der Waals surface area contributed by atoms with Gasteiger partial charge in [0.2, 0.25) is 0 Å². The molecule has 0 aliphatic rings. The van der Waals surface area contributed by atoms with Crippen molar-refractivity contribution in [2.75, 3.05) is 0 Å². The number of hydrogen-bond donors (Lipinski definition) is 1. The summed E-state index contributed by atoms with van der Waals surface area (Å²) < 4.78 is 28.4. The minimum atomic E-state index is -3.62. The van der Waals surface area contributed by atoms with Gasteiger partial charge in [-0.05, 0) is 19.1 Å². The lowest BCUT2D eigenvalue weighted by atomic mass is 10.2. The molecule has 0 radical (unpaired) electrons. The van der Waals surface area contributed by atoms with Gasteiger partial charge < -0.3 is 9.63 Å². The second kappa shape index (κ2) is 4.81. The van der Waals surface area contributed by atoms with Gasteiger partial charge in [-0.1, -0.05) is 22.9 Å². The molecule has 8 heteroatoms. The van der Waals surface area contributed by atoms with E-state index in [0.29, 0.717) is 0 Å². The molecule has 2 rings (SSSR count). The van der Waals surface area contributed by atoms with Crippen molar-refractivity contribution in [2.24, 2.45) is 0 Å². The highest BCUT2D eigenvalue weighted by Crippen LogP contribution is 2.15. The number of sulfone groups is 1. The van der Waals surface area contributed by atoms with Crippen molar-refractivity contribution in [3.05, 3.63) is 41.5 Å². The van der Waals surface area contributed by atoms with Crippen molar-refractivity contribution in [3.63, 3.8) is 0 Å². The number of carboxylic acid groups (broad SMARTS) is 1. The van der Waals surface area contributed by atoms with Crippen LogP contribution in [-0.2, 0) is 15.6 Å². The molecule has 2 aromatic rings. The maximum Gasteiger partial charge on any atom is 0.394 e. The summed E-state index contributed by atoms with van der Waals surface area (Å²) in [6.45, 7) is 1.84. The monoisotopic (exact) mass is 282 g/mol. The molecule has 0 saturated heterocycles. The third-order valence-electron chi connectivity index (χ3n) is 2.35. The number of benzene rings is 1. The van der Waals surface area contributed by atoms with Gasteiger partial charge in [-0.15, -0.1) is 0 Å². The molecule has 7 nitrogen and oxygen atoms in total. The Bertz CT molecular complexity index is 703. The molecule has 0 fully saturated rings. The first kappa shape index (κ1) is 13.2. The van der Waals surface area contributed by atoms with Crippen LogP contribution in [0, 0.1) is 6.92 Å². The summed E-state index contributed by atoms with van der Waals surface area (Å²) in [6.07, 6.45) is 0. The van der Waals surface area contributed by atoms with Crippen LogP contribution >= 0.6 is 0 Å². The number of rotatable bonds is 4. The third-order valence-corrected chi connectivity index (χ3v) is 3.98. The molecule has 1 aromatic heterocycles. The van der Waals surface area contributed by atoms with Gasteiger partial charge in [0.15, 0.2) is 15.7 Å². The quantitative estimate of drug-likeness (QED) is 0.892. The predicted molar refractivity (Wildman–Crippen MR) is 63.3 cm³/mol. The predicted octanol–water partition coefficient (Wildman–Crippen LogP) is 1.05. The minimum Gasteiger partial charge on any atom is -0.474 e. The number of carbonyl (C=O) groups is 1. The number of aromatic carboxylic acids is 1. The lowest BCUT2D eigenvalue weighted by Crippen LogP contribution is -2.06. The highest BCUT2D eigenvalue weighted by atomic mass is 32.2. The normalized spacial score (nSPS) is 11.4. The number of aromatic nitrogens is 2. The van der Waals surface area contributed by atoms with Crippen molar-refractivity contribution in [2.45, 2.75) is 17.6 Å². The van der Waals surface area contributed by atoms with Gasteiger partial charge in [-0.25, -0.2) is 13.2 Å². The smallest absolute Gasteiger partial charge is 0.394 e. The highest BCUT2D eigenvalue weighted by molar-refractivity contribution is 7.90. The summed E-state index contributed by atoms with van der Waals surface area (Å²) >= 11 is 0. The summed E-state index contributed by atoms with van der Waals surface area (Å²) in [5.41, 5.74) is 0.937. The molecule has 1 N–H and O–H groups in total. The van der Waals surface area contributed by atoms with Crippen LogP contribution in [0.3, 0.4) is 0 Å². The number of hydrogen-bond acceptors (Lipinski definition) is 6. The zero-order chi connectivity index (χ0) is 14.0. The molecule has 0 saturated carbocycles. The van der Waals surface area contributed by atoms with E-state index >= 15 is 0 Å². The van der Waals surface area contributed by atoms with E-state index in [2.05, 4.69) is 14.7 Å². The van der Waals surface area contributed by atoms with Crippen molar-refractivity contribution < 1.29 is 22.8 Å². The van der Waals surface area contributed by atoms with Gasteiger partial charge in [-0.2, -0.15) is 4.98 Å². The summed E-state index contributed by atoms with van der Waals surface area (Å²) in [6, 6.07) is 6.29. The molecule has 1 heterocycles. The molecular weight excluding hydrogens is 272 g/mol. The topological polar surface area (TPSA) is 110 Å². The second-order valence-corrected chi connectivity index (χ2v) is 5.88. The van der Waals surface area contributed by atoms with Crippen LogP contribution in [0.2, 0.25) is 0 Å². The van der Waals surface area contributed by atoms with Crippen LogP contribution in [0.1, 0.15) is 22.1 Å². The van der Waals surface area contributed by atoms with Gasteiger partial charge in [0, 0.05) is 0 Å². The molecule has 0 amide bonds. The fourth-order valence-corrected chi connectivity index (χ4v) is 2.57. The van der Waals surface area contributed by atoms with Crippen LogP contribution in [0.4, 0.5) is 0 Å². The molecular formula is C11H10N2O5S. The minimum absolute atomic E-state index is 0.125.